The topological polar surface area (TPSA) is 182 Å². The summed E-state index contributed by atoms with van der Waals surface area (Å²) in [6, 6.07) is 5.78. The molecule has 4 amide bonds. The molecule has 0 saturated carbocycles. The number of carbonyl (C=O) groups is 4. The number of benzene rings is 1. The fourth-order valence-electron chi connectivity index (χ4n) is 2.68. The Kier molecular flexibility index (Phi) is 12.5. The number of nitrogens with one attached hydrogen (secondary N) is 4. The summed E-state index contributed by atoms with van der Waals surface area (Å²) in [5, 5.41) is 9.99. The molecular formula is C27H44N6O7. The first kappa shape index (κ1) is 34.3. The molecule has 0 saturated heterocycles. The fraction of sp³-hybridized carbons (Fsp3) is 0.593. The van der Waals surface area contributed by atoms with Crippen LogP contribution in [0.1, 0.15) is 67.9 Å². The van der Waals surface area contributed by atoms with E-state index in [0.29, 0.717) is 5.69 Å². The molecule has 6 N–H and O–H groups in total. The molecule has 0 radical (unpaired) electrons. The number of nitrogens with zero attached hydrogens (tertiary/aromatic N) is 1. The van der Waals surface area contributed by atoms with Crippen LogP contribution in [0.5, 0.6) is 0 Å². The minimum Gasteiger partial charge on any atom is -0.444 e. The maximum absolute atomic E-state index is 12.2. The number of hydrogen-bond acceptors (Lipinski definition) is 9. The zero-order valence-electron chi connectivity index (χ0n) is 24.9. The SMILES string of the molecule is CC(C)(C)OC[C@@H](N)C(=O)NCC(=O)NCc1ccc(N=C(NC(=O)OC(C)(C)C)NC(=O)OC(C)(C)C)cc1. The highest BCUT2D eigenvalue weighted by Crippen LogP contribution is 2.14. The molecule has 13 nitrogen and oxygen atoms in total. The highest BCUT2D eigenvalue weighted by Gasteiger charge is 2.22. The van der Waals surface area contributed by atoms with Gasteiger partial charge < -0.3 is 30.6 Å². The minimum atomic E-state index is -0.889. The van der Waals surface area contributed by atoms with Crippen molar-refractivity contribution in [1.82, 2.24) is 21.3 Å². The van der Waals surface area contributed by atoms with Crippen LogP contribution in [-0.4, -0.2) is 66.0 Å². The van der Waals surface area contributed by atoms with Crippen LogP contribution in [0.25, 0.3) is 0 Å². The number of rotatable bonds is 8. The third kappa shape index (κ3) is 16.3. The van der Waals surface area contributed by atoms with Gasteiger partial charge in [-0.05, 0) is 80.0 Å². The van der Waals surface area contributed by atoms with Crippen molar-refractivity contribution in [3.63, 3.8) is 0 Å². The van der Waals surface area contributed by atoms with Crippen LogP contribution in [0.3, 0.4) is 0 Å². The average Bonchev–Trinajstić information content (AvgIpc) is 2.77. The van der Waals surface area contributed by atoms with E-state index in [1.807, 2.05) is 20.8 Å². The molecule has 0 aliphatic carbocycles. The lowest BCUT2D eigenvalue weighted by Gasteiger charge is -2.22. The molecular weight excluding hydrogens is 520 g/mol. The summed E-state index contributed by atoms with van der Waals surface area (Å²) in [6.07, 6.45) is -1.62. The van der Waals surface area contributed by atoms with Gasteiger partial charge in [0.2, 0.25) is 17.8 Å². The van der Waals surface area contributed by atoms with Gasteiger partial charge in [0, 0.05) is 6.54 Å². The number of ether oxygens (including phenoxy) is 3. The first-order chi connectivity index (χ1) is 18.2. The van der Waals surface area contributed by atoms with E-state index >= 15 is 0 Å². The first-order valence-corrected chi connectivity index (χ1v) is 12.8. The predicted molar refractivity (Wildman–Crippen MR) is 151 cm³/mol. The molecule has 0 unspecified atom stereocenters. The van der Waals surface area contributed by atoms with Crippen molar-refractivity contribution < 1.29 is 33.4 Å². The van der Waals surface area contributed by atoms with Crippen LogP contribution in [-0.2, 0) is 30.3 Å². The maximum Gasteiger partial charge on any atom is 0.414 e. The van der Waals surface area contributed by atoms with Gasteiger partial charge in [-0.15, -0.1) is 0 Å². The van der Waals surface area contributed by atoms with E-state index in [2.05, 4.69) is 26.3 Å². The van der Waals surface area contributed by atoms with Crippen LogP contribution in [0.4, 0.5) is 15.3 Å². The Morgan fingerprint density at radius 3 is 1.75 bits per heavy atom. The van der Waals surface area contributed by atoms with Gasteiger partial charge in [-0.25, -0.2) is 14.6 Å². The number of aliphatic imine (C=N–C) groups is 1. The second-order valence-electron chi connectivity index (χ2n) is 11.9. The van der Waals surface area contributed by atoms with Crippen molar-refractivity contribution in [1.29, 1.82) is 0 Å². The standard InChI is InChI=1S/C27H44N6O7/c1-25(2,3)38-16-19(28)21(35)30-15-20(34)29-14-17-10-12-18(13-11-17)31-22(32-23(36)39-26(4,5)6)33-24(37)40-27(7,8)9/h10-13,19H,14-16,28H2,1-9H3,(H,29,34)(H,30,35)(H2,31,32,33,36,37)/t19-/m1/s1. The number of hydrogen-bond donors (Lipinski definition) is 5. The number of guanidine groups is 1. The molecule has 40 heavy (non-hydrogen) atoms. The normalized spacial score (nSPS) is 12.4. The van der Waals surface area contributed by atoms with Crippen molar-refractivity contribution in [3.8, 4) is 0 Å². The smallest absolute Gasteiger partial charge is 0.414 e. The lowest BCUT2D eigenvalue weighted by molar-refractivity contribution is -0.128. The van der Waals surface area contributed by atoms with E-state index in [9.17, 15) is 19.2 Å². The largest absolute Gasteiger partial charge is 0.444 e. The summed E-state index contributed by atoms with van der Waals surface area (Å²) < 4.78 is 15.9. The molecule has 0 aliphatic rings. The van der Waals surface area contributed by atoms with Gasteiger partial charge in [0.15, 0.2) is 0 Å². The Morgan fingerprint density at radius 2 is 1.30 bits per heavy atom. The van der Waals surface area contributed by atoms with Gasteiger partial charge in [-0.3, -0.25) is 20.2 Å². The van der Waals surface area contributed by atoms with E-state index in [-0.39, 0.29) is 25.7 Å². The summed E-state index contributed by atoms with van der Waals surface area (Å²) in [6.45, 7) is 15.8. The van der Waals surface area contributed by atoms with Gasteiger partial charge in [-0.1, -0.05) is 12.1 Å². The van der Waals surface area contributed by atoms with Crippen LogP contribution < -0.4 is 27.0 Å². The van der Waals surface area contributed by atoms with E-state index < -0.39 is 46.8 Å². The summed E-state index contributed by atoms with van der Waals surface area (Å²) in [4.78, 5) is 53.0. The molecule has 0 bridgehead atoms. The number of alkyl carbamates (subject to hydrolysis) is 2. The summed E-state index contributed by atoms with van der Waals surface area (Å²) in [5.41, 5.74) is 4.98. The van der Waals surface area contributed by atoms with Crippen LogP contribution >= 0.6 is 0 Å². The molecule has 1 aromatic rings. The number of amides is 4. The Labute approximate surface area is 236 Å². The van der Waals surface area contributed by atoms with Crippen molar-refractivity contribution >= 4 is 35.6 Å². The van der Waals surface area contributed by atoms with Gasteiger partial charge >= 0.3 is 12.2 Å². The van der Waals surface area contributed by atoms with Gasteiger partial charge in [-0.2, -0.15) is 0 Å². The third-order valence-electron chi connectivity index (χ3n) is 4.36. The van der Waals surface area contributed by atoms with Crippen molar-refractivity contribution in [2.24, 2.45) is 10.7 Å². The molecule has 224 valence electrons. The predicted octanol–water partition coefficient (Wildman–Crippen LogP) is 2.60. The minimum absolute atomic E-state index is 0.0358. The average molecular weight is 565 g/mol. The third-order valence-corrected chi connectivity index (χ3v) is 4.36. The van der Waals surface area contributed by atoms with Gasteiger partial charge in [0.25, 0.3) is 0 Å². The first-order valence-electron chi connectivity index (χ1n) is 12.8. The molecule has 1 rings (SSSR count). The lowest BCUT2D eigenvalue weighted by Crippen LogP contribution is -2.47. The van der Waals surface area contributed by atoms with E-state index in [1.54, 1.807) is 65.8 Å². The molecule has 0 heterocycles. The molecule has 1 aromatic carbocycles. The van der Waals surface area contributed by atoms with E-state index in [4.69, 9.17) is 19.9 Å². The second kappa shape index (κ2) is 14.6. The molecule has 13 heteroatoms. The Hall–Kier alpha value is -3.71. The zero-order chi connectivity index (χ0) is 30.7. The van der Waals surface area contributed by atoms with Crippen molar-refractivity contribution in [2.45, 2.75) is 91.7 Å². The van der Waals surface area contributed by atoms with Gasteiger partial charge in [0.05, 0.1) is 24.4 Å². The summed E-state index contributed by atoms with van der Waals surface area (Å²) in [7, 11) is 0. The quantitative estimate of drug-likeness (QED) is 0.236. The maximum atomic E-state index is 12.2. The zero-order valence-corrected chi connectivity index (χ0v) is 24.9. The van der Waals surface area contributed by atoms with Crippen molar-refractivity contribution in [2.75, 3.05) is 13.2 Å². The van der Waals surface area contributed by atoms with E-state index in [1.165, 1.54) is 0 Å². The molecule has 0 spiro atoms. The molecule has 0 aliphatic heterocycles. The molecule has 0 aromatic heterocycles. The Bertz CT molecular complexity index is 1020. The number of carbonyl (C=O) groups excluding carboxylic acids is 4. The Balaban J connectivity index is 2.74. The lowest BCUT2D eigenvalue weighted by atomic mass is 10.2. The second-order valence-corrected chi connectivity index (χ2v) is 11.9. The monoisotopic (exact) mass is 564 g/mol. The summed E-state index contributed by atoms with van der Waals surface area (Å²) >= 11 is 0. The Morgan fingerprint density at radius 1 is 0.800 bits per heavy atom. The van der Waals surface area contributed by atoms with Crippen molar-refractivity contribution in [3.05, 3.63) is 29.8 Å². The summed E-state index contributed by atoms with van der Waals surface area (Å²) in [5.74, 6) is -1.08. The fourth-order valence-corrected chi connectivity index (χ4v) is 2.68. The molecule has 1 atom stereocenters. The van der Waals surface area contributed by atoms with E-state index in [0.717, 1.165) is 5.56 Å². The highest BCUT2D eigenvalue weighted by molar-refractivity contribution is 6.02. The molecule has 0 fully saturated rings. The van der Waals surface area contributed by atoms with Gasteiger partial charge in [0.1, 0.15) is 17.2 Å². The van der Waals surface area contributed by atoms with Crippen LogP contribution in [0.15, 0.2) is 29.3 Å². The van der Waals surface area contributed by atoms with Crippen LogP contribution in [0.2, 0.25) is 0 Å². The highest BCUT2D eigenvalue weighted by atomic mass is 16.6. The number of nitrogens with two attached hydrogens (primary N) is 1. The van der Waals surface area contributed by atoms with Crippen LogP contribution in [0, 0.1) is 0 Å².